The van der Waals surface area contributed by atoms with E-state index in [2.05, 4.69) is 25.7 Å². The second kappa shape index (κ2) is 4.99. The summed E-state index contributed by atoms with van der Waals surface area (Å²) in [5.41, 5.74) is -1.13. The summed E-state index contributed by atoms with van der Waals surface area (Å²) in [5, 5.41) is 8.67. The molecule has 0 aliphatic rings. The van der Waals surface area contributed by atoms with Gasteiger partial charge < -0.3 is 4.74 Å². The Labute approximate surface area is 98.0 Å². The van der Waals surface area contributed by atoms with Crippen LogP contribution in [0, 0.1) is 11.3 Å². The van der Waals surface area contributed by atoms with E-state index >= 15 is 0 Å². The molecule has 0 bridgehead atoms. The number of nitriles is 1. The van der Waals surface area contributed by atoms with Crippen LogP contribution in [0.2, 0.25) is 0 Å². The van der Waals surface area contributed by atoms with Gasteiger partial charge in [0.05, 0.1) is 18.2 Å². The van der Waals surface area contributed by atoms with Gasteiger partial charge in [0.2, 0.25) is 0 Å². The number of ether oxygens (including phenoxy) is 1. The molecule has 0 saturated heterocycles. The topological polar surface area (TPSA) is 63.0 Å². The number of methoxy groups -OCH3 is 1. The monoisotopic (exact) mass is 290 g/mol. The molecule has 0 fully saturated rings. The van der Waals surface area contributed by atoms with Crippen LogP contribution in [-0.4, -0.2) is 18.1 Å². The molecule has 0 radical (unpaired) electrons. The van der Waals surface area contributed by atoms with Crippen LogP contribution < -0.4 is 0 Å². The van der Waals surface area contributed by atoms with E-state index in [4.69, 9.17) is 5.26 Å². The third-order valence-corrected chi connectivity index (χ3v) is 2.34. The largest absolute Gasteiger partial charge is 0.465 e. The summed E-state index contributed by atoms with van der Waals surface area (Å²) in [5.74, 6) is -0.952. The van der Waals surface area contributed by atoms with E-state index in [0.717, 1.165) is 13.2 Å². The van der Waals surface area contributed by atoms with Crippen molar-refractivity contribution < 1.29 is 18.3 Å². The van der Waals surface area contributed by atoms with Gasteiger partial charge in [-0.25, -0.2) is 18.6 Å². The van der Waals surface area contributed by atoms with Gasteiger partial charge in [-0.15, -0.1) is 0 Å². The van der Waals surface area contributed by atoms with Crippen molar-refractivity contribution in [3.05, 3.63) is 27.5 Å². The predicted octanol–water partition coefficient (Wildman–Crippen LogP) is 2.44. The molecule has 0 aliphatic carbocycles. The SMILES string of the molecule is COC(=O)c1cc(C#N)c(Br)nc1C(F)F. The van der Waals surface area contributed by atoms with E-state index in [0.29, 0.717) is 0 Å². The lowest BCUT2D eigenvalue weighted by Gasteiger charge is -2.07. The van der Waals surface area contributed by atoms with Crippen molar-refractivity contribution in [2.75, 3.05) is 7.11 Å². The van der Waals surface area contributed by atoms with Crippen LogP contribution >= 0.6 is 15.9 Å². The molecule has 1 rings (SSSR count). The lowest BCUT2D eigenvalue weighted by atomic mass is 10.1. The maximum absolute atomic E-state index is 12.6. The minimum absolute atomic E-state index is 0.00944. The highest BCUT2D eigenvalue weighted by atomic mass is 79.9. The molecule has 0 aromatic carbocycles. The van der Waals surface area contributed by atoms with Crippen LogP contribution in [0.1, 0.15) is 28.0 Å². The smallest absolute Gasteiger partial charge is 0.339 e. The minimum atomic E-state index is -2.92. The number of carbonyl (C=O) groups excluding carboxylic acids is 1. The Morgan fingerprint density at radius 2 is 2.31 bits per heavy atom. The fraction of sp³-hybridized carbons (Fsp3) is 0.222. The van der Waals surface area contributed by atoms with Crippen LogP contribution in [0.4, 0.5) is 8.78 Å². The quantitative estimate of drug-likeness (QED) is 0.620. The van der Waals surface area contributed by atoms with Crippen molar-refractivity contribution in [3.63, 3.8) is 0 Å². The van der Waals surface area contributed by atoms with Gasteiger partial charge in [-0.2, -0.15) is 5.26 Å². The molecule has 4 nitrogen and oxygen atoms in total. The number of alkyl halides is 2. The number of carbonyl (C=O) groups is 1. The summed E-state index contributed by atoms with van der Waals surface area (Å²) in [6.45, 7) is 0. The van der Waals surface area contributed by atoms with E-state index in [1.54, 1.807) is 6.07 Å². The summed E-state index contributed by atoms with van der Waals surface area (Å²) in [7, 11) is 1.06. The molecule has 0 saturated carbocycles. The first kappa shape index (κ1) is 12.5. The molecule has 0 aliphatic heterocycles. The van der Waals surface area contributed by atoms with Gasteiger partial charge in [-0.1, -0.05) is 0 Å². The second-order valence-electron chi connectivity index (χ2n) is 2.66. The minimum Gasteiger partial charge on any atom is -0.465 e. The first-order valence-electron chi connectivity index (χ1n) is 3.98. The Hall–Kier alpha value is -1.55. The van der Waals surface area contributed by atoms with Gasteiger partial charge in [0.25, 0.3) is 6.43 Å². The number of aromatic nitrogens is 1. The Balaban J connectivity index is 3.44. The molecule has 0 amide bonds. The fourth-order valence-electron chi connectivity index (χ4n) is 1.02. The second-order valence-corrected chi connectivity index (χ2v) is 3.41. The van der Waals surface area contributed by atoms with Crippen molar-refractivity contribution in [2.24, 2.45) is 0 Å². The zero-order chi connectivity index (χ0) is 12.3. The number of hydrogen-bond donors (Lipinski definition) is 0. The predicted molar refractivity (Wildman–Crippen MR) is 52.9 cm³/mol. The number of esters is 1. The van der Waals surface area contributed by atoms with E-state index < -0.39 is 23.7 Å². The number of pyridine rings is 1. The summed E-state index contributed by atoms with van der Waals surface area (Å²) in [6.07, 6.45) is -2.92. The van der Waals surface area contributed by atoms with Gasteiger partial charge in [-0.3, -0.25) is 0 Å². The van der Waals surface area contributed by atoms with Gasteiger partial charge >= 0.3 is 5.97 Å². The third-order valence-electron chi connectivity index (χ3n) is 1.74. The summed E-state index contributed by atoms with van der Waals surface area (Å²) in [6, 6.07) is 2.74. The third kappa shape index (κ3) is 2.33. The fourth-order valence-corrected chi connectivity index (χ4v) is 1.42. The lowest BCUT2D eigenvalue weighted by molar-refractivity contribution is 0.0587. The molecule has 0 atom stereocenters. The van der Waals surface area contributed by atoms with Crippen LogP contribution in [-0.2, 0) is 4.74 Å². The Morgan fingerprint density at radius 3 is 2.75 bits per heavy atom. The summed E-state index contributed by atoms with van der Waals surface area (Å²) < 4.78 is 29.4. The molecule has 0 N–H and O–H groups in total. The Kier molecular flexibility index (Phi) is 3.90. The van der Waals surface area contributed by atoms with Gasteiger partial charge in [-0.05, 0) is 22.0 Å². The molecular formula is C9H5BrF2N2O2. The summed E-state index contributed by atoms with van der Waals surface area (Å²) in [4.78, 5) is 14.7. The average molecular weight is 291 g/mol. The number of hydrogen-bond acceptors (Lipinski definition) is 4. The van der Waals surface area contributed by atoms with E-state index in [1.807, 2.05) is 0 Å². The van der Waals surface area contributed by atoms with Crippen molar-refractivity contribution >= 4 is 21.9 Å². The van der Waals surface area contributed by atoms with E-state index in [9.17, 15) is 13.6 Å². The number of nitrogens with zero attached hydrogens (tertiary/aromatic N) is 2. The maximum Gasteiger partial charge on any atom is 0.339 e. The van der Waals surface area contributed by atoms with Crippen LogP contribution in [0.5, 0.6) is 0 Å². The van der Waals surface area contributed by atoms with E-state index in [1.165, 1.54) is 0 Å². The van der Waals surface area contributed by atoms with Crippen molar-refractivity contribution in [2.45, 2.75) is 6.43 Å². The molecule has 1 aromatic heterocycles. The first-order valence-corrected chi connectivity index (χ1v) is 4.77. The van der Waals surface area contributed by atoms with Crippen molar-refractivity contribution in [3.8, 4) is 6.07 Å². The van der Waals surface area contributed by atoms with E-state index in [-0.39, 0.29) is 10.2 Å². The van der Waals surface area contributed by atoms with Crippen LogP contribution in [0.15, 0.2) is 10.7 Å². The molecular weight excluding hydrogens is 286 g/mol. The molecule has 84 valence electrons. The van der Waals surface area contributed by atoms with Gasteiger partial charge in [0.15, 0.2) is 0 Å². The Bertz CT molecular complexity index is 471. The zero-order valence-corrected chi connectivity index (χ0v) is 9.59. The molecule has 1 aromatic rings. The summed E-state index contributed by atoms with van der Waals surface area (Å²) >= 11 is 2.86. The average Bonchev–Trinajstić information content (AvgIpc) is 2.27. The highest BCUT2D eigenvalue weighted by Crippen LogP contribution is 2.26. The first-order chi connectivity index (χ1) is 7.51. The molecule has 0 spiro atoms. The molecule has 1 heterocycles. The van der Waals surface area contributed by atoms with Crippen LogP contribution in [0.25, 0.3) is 0 Å². The highest BCUT2D eigenvalue weighted by Gasteiger charge is 2.23. The van der Waals surface area contributed by atoms with Gasteiger partial charge in [0, 0.05) is 0 Å². The zero-order valence-electron chi connectivity index (χ0n) is 8.00. The van der Waals surface area contributed by atoms with Crippen LogP contribution in [0.3, 0.4) is 0 Å². The number of rotatable bonds is 2. The van der Waals surface area contributed by atoms with Crippen molar-refractivity contribution in [1.82, 2.24) is 4.98 Å². The molecule has 16 heavy (non-hydrogen) atoms. The standard InChI is InChI=1S/C9H5BrF2N2O2/c1-16-9(15)5-2-4(3-13)7(10)14-6(5)8(11)12/h2,8H,1H3. The number of halogens is 3. The van der Waals surface area contributed by atoms with Gasteiger partial charge in [0.1, 0.15) is 16.4 Å². The van der Waals surface area contributed by atoms with Crippen molar-refractivity contribution in [1.29, 1.82) is 5.26 Å². The Morgan fingerprint density at radius 1 is 1.69 bits per heavy atom. The molecule has 0 unspecified atom stereocenters. The maximum atomic E-state index is 12.6. The lowest BCUT2D eigenvalue weighted by Crippen LogP contribution is -2.09. The highest BCUT2D eigenvalue weighted by molar-refractivity contribution is 9.10. The molecule has 7 heteroatoms. The normalized spacial score (nSPS) is 10.0.